The van der Waals surface area contributed by atoms with Crippen molar-refractivity contribution in [2.24, 2.45) is 0 Å². The summed E-state index contributed by atoms with van der Waals surface area (Å²) < 4.78 is 13.2. The van der Waals surface area contributed by atoms with E-state index in [-0.39, 0.29) is 5.91 Å². The summed E-state index contributed by atoms with van der Waals surface area (Å²) in [4.78, 5) is 12.6. The summed E-state index contributed by atoms with van der Waals surface area (Å²) in [5.74, 6) is 1.38. The molecule has 1 aromatic heterocycles. The number of rotatable bonds is 5. The number of carbonyl (C=O) groups is 1. The van der Waals surface area contributed by atoms with Gasteiger partial charge in [0.15, 0.2) is 11.5 Å². The molecule has 4 rings (SSSR count). The second kappa shape index (κ2) is 8.17. The molecule has 0 spiro atoms. The number of nitrogens with zero attached hydrogens (tertiary/aromatic N) is 2. The van der Waals surface area contributed by atoms with Crippen molar-refractivity contribution in [2.45, 2.75) is 26.4 Å². The van der Waals surface area contributed by atoms with Gasteiger partial charge in [0.05, 0.1) is 19.4 Å². The Morgan fingerprint density at radius 2 is 1.96 bits per heavy atom. The van der Waals surface area contributed by atoms with Crippen LogP contribution < -0.4 is 14.8 Å². The summed E-state index contributed by atoms with van der Waals surface area (Å²) in [5, 5.41) is 7.27. The van der Waals surface area contributed by atoms with Gasteiger partial charge in [0.2, 0.25) is 0 Å². The number of aryl methyl sites for hydroxylation is 1. The van der Waals surface area contributed by atoms with Crippen molar-refractivity contribution < 1.29 is 14.3 Å². The zero-order chi connectivity index (χ0) is 19.3. The molecule has 1 aliphatic rings. The van der Waals surface area contributed by atoms with Crippen molar-refractivity contribution in [3.63, 3.8) is 0 Å². The lowest BCUT2D eigenvalue weighted by molar-refractivity contribution is 0.0951. The van der Waals surface area contributed by atoms with Gasteiger partial charge in [-0.1, -0.05) is 18.2 Å². The van der Waals surface area contributed by atoms with Crippen LogP contribution in [0.3, 0.4) is 0 Å². The third-order valence-corrected chi connectivity index (χ3v) is 4.68. The SMILES string of the molecule is CCn1cc(-c2cccc(C(=O)NCc3ccc4c(c3)OCCCO4)c2)cn1. The first-order chi connectivity index (χ1) is 13.7. The van der Waals surface area contributed by atoms with Crippen LogP contribution >= 0.6 is 0 Å². The topological polar surface area (TPSA) is 65.4 Å². The van der Waals surface area contributed by atoms with Crippen molar-refractivity contribution in [3.8, 4) is 22.6 Å². The summed E-state index contributed by atoms with van der Waals surface area (Å²) in [6.45, 7) is 4.59. The van der Waals surface area contributed by atoms with E-state index in [2.05, 4.69) is 10.4 Å². The summed E-state index contributed by atoms with van der Waals surface area (Å²) in [5.41, 5.74) is 3.57. The fourth-order valence-electron chi connectivity index (χ4n) is 3.13. The number of hydrogen-bond donors (Lipinski definition) is 1. The zero-order valence-corrected chi connectivity index (χ0v) is 15.9. The lowest BCUT2D eigenvalue weighted by Crippen LogP contribution is -2.22. The van der Waals surface area contributed by atoms with Gasteiger partial charge in [-0.05, 0) is 42.3 Å². The summed E-state index contributed by atoms with van der Waals surface area (Å²) in [6.07, 6.45) is 4.67. The Balaban J connectivity index is 1.44. The van der Waals surface area contributed by atoms with Crippen molar-refractivity contribution >= 4 is 5.91 Å². The van der Waals surface area contributed by atoms with E-state index in [0.29, 0.717) is 25.3 Å². The van der Waals surface area contributed by atoms with E-state index in [4.69, 9.17) is 9.47 Å². The molecule has 28 heavy (non-hydrogen) atoms. The van der Waals surface area contributed by atoms with E-state index in [0.717, 1.165) is 41.2 Å². The minimum absolute atomic E-state index is 0.114. The number of nitrogens with one attached hydrogen (secondary N) is 1. The second-order valence-corrected chi connectivity index (χ2v) is 6.68. The van der Waals surface area contributed by atoms with E-state index < -0.39 is 0 Å². The first-order valence-electron chi connectivity index (χ1n) is 9.52. The Labute approximate surface area is 164 Å². The van der Waals surface area contributed by atoms with Crippen LogP contribution in [0.5, 0.6) is 11.5 Å². The molecule has 0 saturated carbocycles. The van der Waals surface area contributed by atoms with Gasteiger partial charge in [0, 0.05) is 36.8 Å². The van der Waals surface area contributed by atoms with Crippen molar-refractivity contribution in [1.29, 1.82) is 0 Å². The summed E-state index contributed by atoms with van der Waals surface area (Å²) in [7, 11) is 0. The van der Waals surface area contributed by atoms with E-state index in [1.165, 1.54) is 0 Å². The van der Waals surface area contributed by atoms with Gasteiger partial charge in [0.25, 0.3) is 5.91 Å². The molecule has 0 radical (unpaired) electrons. The van der Waals surface area contributed by atoms with Crippen LogP contribution in [0, 0.1) is 0 Å². The number of aromatic nitrogens is 2. The van der Waals surface area contributed by atoms with E-state index in [1.54, 1.807) is 0 Å². The Bertz CT molecular complexity index is 981. The van der Waals surface area contributed by atoms with Gasteiger partial charge >= 0.3 is 0 Å². The number of amides is 1. The highest BCUT2D eigenvalue weighted by atomic mass is 16.5. The second-order valence-electron chi connectivity index (χ2n) is 6.68. The number of benzene rings is 2. The number of fused-ring (bicyclic) bond motifs is 1. The molecule has 0 saturated heterocycles. The highest BCUT2D eigenvalue weighted by Gasteiger charge is 2.12. The van der Waals surface area contributed by atoms with Crippen molar-refractivity contribution in [1.82, 2.24) is 15.1 Å². The third kappa shape index (κ3) is 4.01. The summed E-state index contributed by atoms with van der Waals surface area (Å²) >= 11 is 0. The summed E-state index contributed by atoms with van der Waals surface area (Å²) in [6, 6.07) is 13.4. The number of ether oxygens (including phenoxy) is 2. The fourth-order valence-corrected chi connectivity index (χ4v) is 3.13. The molecule has 2 heterocycles. The Kier molecular flexibility index (Phi) is 5.28. The maximum Gasteiger partial charge on any atom is 0.251 e. The first-order valence-corrected chi connectivity index (χ1v) is 9.52. The maximum atomic E-state index is 12.6. The molecular weight excluding hydrogens is 354 g/mol. The molecule has 1 amide bonds. The molecule has 144 valence electrons. The number of hydrogen-bond acceptors (Lipinski definition) is 4. The van der Waals surface area contributed by atoms with Crippen molar-refractivity contribution in [2.75, 3.05) is 13.2 Å². The molecule has 0 bridgehead atoms. The zero-order valence-electron chi connectivity index (χ0n) is 15.9. The standard InChI is InChI=1S/C22H23N3O3/c1-2-25-15-19(14-24-25)17-5-3-6-18(12-17)22(26)23-13-16-7-8-20-21(11-16)28-10-4-9-27-20/h3,5-8,11-12,14-15H,2,4,9-10,13H2,1H3,(H,23,26). The van der Waals surface area contributed by atoms with Crippen LogP contribution in [0.1, 0.15) is 29.3 Å². The smallest absolute Gasteiger partial charge is 0.251 e. The highest BCUT2D eigenvalue weighted by molar-refractivity contribution is 5.95. The van der Waals surface area contributed by atoms with Crippen LogP contribution in [0.25, 0.3) is 11.1 Å². The van der Waals surface area contributed by atoms with Crippen LogP contribution in [0.15, 0.2) is 54.9 Å². The molecule has 3 aromatic rings. The molecule has 0 fully saturated rings. The molecule has 0 aliphatic carbocycles. The molecular formula is C22H23N3O3. The van der Waals surface area contributed by atoms with Gasteiger partial charge in [0.1, 0.15) is 0 Å². The maximum absolute atomic E-state index is 12.6. The van der Waals surface area contributed by atoms with Gasteiger partial charge in [-0.3, -0.25) is 9.48 Å². The quantitative estimate of drug-likeness (QED) is 0.737. The van der Waals surface area contributed by atoms with E-state index in [9.17, 15) is 4.79 Å². The molecule has 6 heteroatoms. The van der Waals surface area contributed by atoms with E-state index in [1.807, 2.05) is 66.5 Å². The van der Waals surface area contributed by atoms with Gasteiger partial charge < -0.3 is 14.8 Å². The molecule has 1 aliphatic heterocycles. The molecule has 6 nitrogen and oxygen atoms in total. The average molecular weight is 377 g/mol. The molecule has 0 unspecified atom stereocenters. The van der Waals surface area contributed by atoms with Crippen molar-refractivity contribution in [3.05, 3.63) is 66.0 Å². The van der Waals surface area contributed by atoms with Crippen LogP contribution in [-0.4, -0.2) is 28.9 Å². The first kappa shape index (κ1) is 18.1. The van der Waals surface area contributed by atoms with Crippen LogP contribution in [0.2, 0.25) is 0 Å². The van der Waals surface area contributed by atoms with Gasteiger partial charge in [-0.25, -0.2) is 0 Å². The molecule has 2 aromatic carbocycles. The predicted molar refractivity (Wildman–Crippen MR) is 107 cm³/mol. The van der Waals surface area contributed by atoms with Gasteiger partial charge in [-0.2, -0.15) is 5.10 Å². The van der Waals surface area contributed by atoms with E-state index >= 15 is 0 Å². The average Bonchev–Trinajstić information content (AvgIpc) is 3.10. The largest absolute Gasteiger partial charge is 0.490 e. The Morgan fingerprint density at radius 1 is 1.11 bits per heavy atom. The van der Waals surface area contributed by atoms with Gasteiger partial charge in [-0.15, -0.1) is 0 Å². The van der Waals surface area contributed by atoms with Crippen LogP contribution in [0.4, 0.5) is 0 Å². The minimum Gasteiger partial charge on any atom is -0.490 e. The monoisotopic (exact) mass is 377 g/mol. The predicted octanol–water partition coefficient (Wildman–Crippen LogP) is 3.66. The minimum atomic E-state index is -0.114. The lowest BCUT2D eigenvalue weighted by Gasteiger charge is -2.10. The number of carbonyl (C=O) groups excluding carboxylic acids is 1. The third-order valence-electron chi connectivity index (χ3n) is 4.68. The highest BCUT2D eigenvalue weighted by Crippen LogP contribution is 2.30. The molecule has 0 atom stereocenters. The normalized spacial score (nSPS) is 13.0. The Morgan fingerprint density at radius 3 is 2.79 bits per heavy atom. The Hall–Kier alpha value is -3.28. The van der Waals surface area contributed by atoms with Crippen LogP contribution in [-0.2, 0) is 13.1 Å². The lowest BCUT2D eigenvalue weighted by atomic mass is 10.1. The molecule has 1 N–H and O–H groups in total. The fraction of sp³-hybridized carbons (Fsp3) is 0.273.